The van der Waals surface area contributed by atoms with Gasteiger partial charge in [0.1, 0.15) is 5.69 Å². The van der Waals surface area contributed by atoms with Crippen molar-refractivity contribution >= 4 is 24.0 Å². The summed E-state index contributed by atoms with van der Waals surface area (Å²) < 4.78 is 11.5. The van der Waals surface area contributed by atoms with E-state index in [2.05, 4.69) is 10.3 Å². The van der Waals surface area contributed by atoms with Crippen molar-refractivity contribution in [3.63, 3.8) is 0 Å². The number of nitrogens with zero attached hydrogens (tertiary/aromatic N) is 1. The van der Waals surface area contributed by atoms with E-state index in [9.17, 15) is 14.6 Å². The Morgan fingerprint density at radius 1 is 1.40 bits per heavy atom. The number of hydrogen-bond acceptors (Lipinski definition) is 4. The van der Waals surface area contributed by atoms with Crippen LogP contribution in [0.15, 0.2) is 30.3 Å². The summed E-state index contributed by atoms with van der Waals surface area (Å²) in [5.74, 6) is -0.532. The third kappa shape index (κ3) is 3.70. The van der Waals surface area contributed by atoms with Gasteiger partial charge in [0.05, 0.1) is 20.1 Å². The molecule has 6 nitrogen and oxygen atoms in total. The first kappa shape index (κ1) is 14.8. The first-order valence-corrected chi connectivity index (χ1v) is 8.99. The second-order valence-corrected chi connectivity index (χ2v) is 8.58. The minimum Gasteiger partial charge on any atom is -0.350 e. The number of benzene rings is 1. The number of aromatic nitrogens is 1. The number of carbonyl (C=O) groups is 1. The Kier molecular flexibility index (Phi) is 4.28. The SMILES string of the molecule is CP(C)(=O)CNCN(O)C(=O)c1cc2ccccc2[nH]1. The average molecular weight is 295 g/mol. The fourth-order valence-electron chi connectivity index (χ4n) is 1.82. The molecule has 1 aromatic carbocycles. The first-order chi connectivity index (χ1) is 9.37. The molecule has 0 aliphatic carbocycles. The first-order valence-electron chi connectivity index (χ1n) is 6.20. The molecule has 0 aliphatic rings. The van der Waals surface area contributed by atoms with Crippen LogP contribution in [0.1, 0.15) is 10.5 Å². The summed E-state index contributed by atoms with van der Waals surface area (Å²) in [6.45, 7) is 3.21. The number of para-hydroxylation sites is 1. The molecule has 0 radical (unpaired) electrons. The predicted octanol–water partition coefficient (Wildman–Crippen LogP) is 2.13. The molecule has 0 spiro atoms. The van der Waals surface area contributed by atoms with E-state index in [4.69, 9.17) is 0 Å². The third-order valence-corrected chi connectivity index (χ3v) is 3.73. The maximum absolute atomic E-state index is 12.0. The number of nitrogens with one attached hydrogen (secondary N) is 2. The number of carbonyl (C=O) groups excluding carboxylic acids is 1. The van der Waals surface area contributed by atoms with Gasteiger partial charge in [0, 0.05) is 10.9 Å². The van der Waals surface area contributed by atoms with Gasteiger partial charge in [0.15, 0.2) is 0 Å². The van der Waals surface area contributed by atoms with Crippen molar-refractivity contribution in [1.82, 2.24) is 15.4 Å². The Hall–Kier alpha value is -1.62. The van der Waals surface area contributed by atoms with Gasteiger partial charge in [-0.3, -0.25) is 15.3 Å². The van der Waals surface area contributed by atoms with E-state index in [0.29, 0.717) is 10.8 Å². The Balaban J connectivity index is 2.01. The van der Waals surface area contributed by atoms with Crippen LogP contribution in [0.3, 0.4) is 0 Å². The second-order valence-electron chi connectivity index (χ2n) is 5.12. The summed E-state index contributed by atoms with van der Waals surface area (Å²) in [6, 6.07) is 9.17. The summed E-state index contributed by atoms with van der Waals surface area (Å²) in [5, 5.41) is 14.0. The van der Waals surface area contributed by atoms with Gasteiger partial charge in [0.25, 0.3) is 5.91 Å². The largest absolute Gasteiger partial charge is 0.350 e. The normalized spacial score (nSPS) is 11.8. The highest BCUT2D eigenvalue weighted by Gasteiger charge is 2.16. The van der Waals surface area contributed by atoms with Crippen LogP contribution in [-0.2, 0) is 4.57 Å². The van der Waals surface area contributed by atoms with Gasteiger partial charge < -0.3 is 9.55 Å². The molecule has 0 atom stereocenters. The highest BCUT2D eigenvalue weighted by Crippen LogP contribution is 2.33. The summed E-state index contributed by atoms with van der Waals surface area (Å²) in [7, 11) is -2.22. The van der Waals surface area contributed by atoms with Crippen molar-refractivity contribution in [3.05, 3.63) is 36.0 Å². The fourth-order valence-corrected chi connectivity index (χ4v) is 2.46. The molecule has 0 saturated carbocycles. The van der Waals surface area contributed by atoms with E-state index in [0.717, 1.165) is 10.9 Å². The zero-order valence-corrected chi connectivity index (χ0v) is 12.4. The molecule has 0 fully saturated rings. The minimum absolute atomic E-state index is 0.0696. The van der Waals surface area contributed by atoms with E-state index >= 15 is 0 Å². The van der Waals surface area contributed by atoms with E-state index in [1.165, 1.54) is 0 Å². The van der Waals surface area contributed by atoms with E-state index in [1.807, 2.05) is 24.3 Å². The molecule has 7 heteroatoms. The lowest BCUT2D eigenvalue weighted by Crippen LogP contribution is -2.36. The van der Waals surface area contributed by atoms with Gasteiger partial charge in [-0.25, -0.2) is 5.06 Å². The maximum Gasteiger partial charge on any atom is 0.294 e. The highest BCUT2D eigenvalue weighted by atomic mass is 31.2. The molecule has 3 N–H and O–H groups in total. The highest BCUT2D eigenvalue weighted by molar-refractivity contribution is 7.62. The predicted molar refractivity (Wildman–Crippen MR) is 78.6 cm³/mol. The van der Waals surface area contributed by atoms with Crippen LogP contribution in [0.4, 0.5) is 0 Å². The number of hydroxylamine groups is 2. The van der Waals surface area contributed by atoms with Gasteiger partial charge in [-0.2, -0.15) is 0 Å². The molecule has 0 saturated heterocycles. The number of H-pyrrole nitrogens is 1. The van der Waals surface area contributed by atoms with Gasteiger partial charge >= 0.3 is 0 Å². The summed E-state index contributed by atoms with van der Waals surface area (Å²) in [5.41, 5.74) is 1.15. The molecule has 1 aromatic heterocycles. The van der Waals surface area contributed by atoms with Crippen LogP contribution in [0.5, 0.6) is 0 Å². The maximum atomic E-state index is 12.0. The minimum atomic E-state index is -2.22. The number of hydrogen-bond donors (Lipinski definition) is 3. The smallest absolute Gasteiger partial charge is 0.294 e. The monoisotopic (exact) mass is 295 g/mol. The van der Waals surface area contributed by atoms with E-state index in [-0.39, 0.29) is 13.0 Å². The molecule has 2 rings (SSSR count). The Morgan fingerprint density at radius 2 is 2.10 bits per heavy atom. The van der Waals surface area contributed by atoms with Gasteiger partial charge in [-0.15, -0.1) is 0 Å². The molecule has 0 aliphatic heterocycles. The van der Waals surface area contributed by atoms with Crippen LogP contribution in [-0.4, -0.2) is 47.4 Å². The van der Waals surface area contributed by atoms with Crippen molar-refractivity contribution in [3.8, 4) is 0 Å². The number of aromatic amines is 1. The molecule has 0 bridgehead atoms. The molecule has 108 valence electrons. The van der Waals surface area contributed by atoms with Crippen molar-refractivity contribution in [2.45, 2.75) is 0 Å². The molecular formula is C13H18N3O3P. The van der Waals surface area contributed by atoms with Crippen LogP contribution in [0.2, 0.25) is 0 Å². The lowest BCUT2D eigenvalue weighted by molar-refractivity contribution is -0.0625. The van der Waals surface area contributed by atoms with Crippen LogP contribution < -0.4 is 5.32 Å². The van der Waals surface area contributed by atoms with Gasteiger partial charge in [0.2, 0.25) is 0 Å². The number of amides is 1. The van der Waals surface area contributed by atoms with Gasteiger partial charge in [-0.05, 0) is 25.5 Å². The van der Waals surface area contributed by atoms with E-state index in [1.54, 1.807) is 19.4 Å². The molecule has 0 unspecified atom stereocenters. The Morgan fingerprint density at radius 3 is 2.75 bits per heavy atom. The van der Waals surface area contributed by atoms with Crippen molar-refractivity contribution in [1.29, 1.82) is 0 Å². The Labute approximate surface area is 117 Å². The zero-order chi connectivity index (χ0) is 14.8. The van der Waals surface area contributed by atoms with Crippen LogP contribution in [0, 0.1) is 0 Å². The lowest BCUT2D eigenvalue weighted by Gasteiger charge is -2.16. The van der Waals surface area contributed by atoms with Gasteiger partial charge in [-0.1, -0.05) is 18.2 Å². The number of fused-ring (bicyclic) bond motifs is 1. The summed E-state index contributed by atoms with van der Waals surface area (Å²) >= 11 is 0. The Bertz CT molecular complexity index is 629. The summed E-state index contributed by atoms with van der Waals surface area (Å²) in [4.78, 5) is 15.0. The standard InChI is InChI=1S/C13H18N3O3P/c1-20(2,19)9-14-8-16(18)13(17)12-7-10-5-3-4-6-11(10)15-12/h3-7,14-15,18H,8-9H2,1-2H3. The van der Waals surface area contributed by atoms with Crippen LogP contribution in [0.25, 0.3) is 10.9 Å². The van der Waals surface area contributed by atoms with Crippen molar-refractivity contribution in [2.24, 2.45) is 0 Å². The number of rotatable bonds is 5. The zero-order valence-electron chi connectivity index (χ0n) is 11.5. The van der Waals surface area contributed by atoms with Crippen LogP contribution >= 0.6 is 7.14 Å². The topological polar surface area (TPSA) is 85.4 Å². The third-order valence-electron chi connectivity index (χ3n) is 2.75. The second kappa shape index (κ2) is 5.79. The molecule has 2 aromatic rings. The summed E-state index contributed by atoms with van der Waals surface area (Å²) in [6.07, 6.45) is 0.268. The van der Waals surface area contributed by atoms with E-state index < -0.39 is 13.0 Å². The molecular weight excluding hydrogens is 277 g/mol. The molecule has 1 amide bonds. The lowest BCUT2D eigenvalue weighted by atomic mass is 10.2. The quantitative estimate of drug-likeness (QED) is 0.341. The van der Waals surface area contributed by atoms with Crippen molar-refractivity contribution in [2.75, 3.05) is 26.3 Å². The van der Waals surface area contributed by atoms with Crippen molar-refractivity contribution < 1.29 is 14.6 Å². The fraction of sp³-hybridized carbons (Fsp3) is 0.308. The molecule has 1 heterocycles. The average Bonchev–Trinajstić information content (AvgIpc) is 2.79. The molecule has 20 heavy (non-hydrogen) atoms.